The highest BCUT2D eigenvalue weighted by molar-refractivity contribution is 9.09. The van der Waals surface area contributed by atoms with Crippen LogP contribution in [-0.4, -0.2) is 30.6 Å². The van der Waals surface area contributed by atoms with Crippen molar-refractivity contribution in [3.05, 3.63) is 29.6 Å². The van der Waals surface area contributed by atoms with Crippen LogP contribution in [0.2, 0.25) is 0 Å². The Morgan fingerprint density at radius 3 is 2.60 bits per heavy atom. The summed E-state index contributed by atoms with van der Waals surface area (Å²) in [6.07, 6.45) is 3.89. The highest BCUT2D eigenvalue weighted by atomic mass is 79.9. The minimum Gasteiger partial charge on any atom is -0.207 e. The SMILES string of the molecule is Cc1ccc(F)cc1S(=O)(=O)N(CCBr)C1CCCC1. The topological polar surface area (TPSA) is 37.4 Å². The van der Waals surface area contributed by atoms with Gasteiger partial charge in [-0.15, -0.1) is 0 Å². The van der Waals surface area contributed by atoms with E-state index < -0.39 is 15.8 Å². The molecule has 1 aromatic rings. The number of halogens is 2. The zero-order valence-electron chi connectivity index (χ0n) is 11.5. The molecule has 0 atom stereocenters. The normalized spacial score (nSPS) is 17.0. The Morgan fingerprint density at radius 1 is 1.35 bits per heavy atom. The van der Waals surface area contributed by atoms with Gasteiger partial charge in [0.05, 0.1) is 4.90 Å². The lowest BCUT2D eigenvalue weighted by Gasteiger charge is -2.28. The van der Waals surface area contributed by atoms with Crippen LogP contribution < -0.4 is 0 Å². The van der Waals surface area contributed by atoms with Gasteiger partial charge in [0.25, 0.3) is 0 Å². The van der Waals surface area contributed by atoms with Crippen LogP contribution in [0.4, 0.5) is 4.39 Å². The number of rotatable bonds is 5. The molecule has 0 N–H and O–H groups in total. The molecule has 0 radical (unpaired) electrons. The zero-order chi connectivity index (χ0) is 14.8. The van der Waals surface area contributed by atoms with E-state index in [4.69, 9.17) is 0 Å². The van der Waals surface area contributed by atoms with Crippen LogP contribution in [0.15, 0.2) is 23.1 Å². The van der Waals surface area contributed by atoms with E-state index in [-0.39, 0.29) is 10.9 Å². The molecule has 0 bridgehead atoms. The van der Waals surface area contributed by atoms with Crippen molar-refractivity contribution in [1.29, 1.82) is 0 Å². The monoisotopic (exact) mass is 363 g/mol. The van der Waals surface area contributed by atoms with Gasteiger partial charge in [0.2, 0.25) is 10.0 Å². The highest BCUT2D eigenvalue weighted by Crippen LogP contribution is 2.30. The fourth-order valence-electron chi connectivity index (χ4n) is 2.75. The number of hydrogen-bond donors (Lipinski definition) is 0. The van der Waals surface area contributed by atoms with Crippen molar-refractivity contribution in [2.75, 3.05) is 11.9 Å². The third-order valence-electron chi connectivity index (χ3n) is 3.77. The van der Waals surface area contributed by atoms with Gasteiger partial charge in [-0.1, -0.05) is 34.8 Å². The molecule has 0 amide bonds. The molecule has 2 rings (SSSR count). The van der Waals surface area contributed by atoms with E-state index in [1.54, 1.807) is 6.92 Å². The van der Waals surface area contributed by atoms with Crippen molar-refractivity contribution >= 4 is 26.0 Å². The smallest absolute Gasteiger partial charge is 0.207 e. The molecule has 0 unspecified atom stereocenters. The number of benzene rings is 1. The molecule has 0 aromatic heterocycles. The first-order valence-electron chi connectivity index (χ1n) is 6.81. The van der Waals surface area contributed by atoms with Crippen molar-refractivity contribution in [3.8, 4) is 0 Å². The minimum atomic E-state index is -3.64. The standard InChI is InChI=1S/C14H19BrFNO2S/c1-11-6-7-12(16)10-14(11)20(18,19)17(9-8-15)13-4-2-3-5-13/h6-7,10,13H,2-5,8-9H2,1H3. The first-order valence-corrected chi connectivity index (χ1v) is 9.37. The van der Waals surface area contributed by atoms with Crippen molar-refractivity contribution in [3.63, 3.8) is 0 Å². The summed E-state index contributed by atoms with van der Waals surface area (Å²) in [7, 11) is -3.64. The Kier molecular flexibility index (Phi) is 5.20. The zero-order valence-corrected chi connectivity index (χ0v) is 13.9. The Balaban J connectivity index is 2.41. The van der Waals surface area contributed by atoms with E-state index in [2.05, 4.69) is 15.9 Å². The van der Waals surface area contributed by atoms with Crippen LogP contribution >= 0.6 is 15.9 Å². The van der Waals surface area contributed by atoms with E-state index in [9.17, 15) is 12.8 Å². The molecule has 20 heavy (non-hydrogen) atoms. The van der Waals surface area contributed by atoms with Crippen LogP contribution in [0.3, 0.4) is 0 Å². The van der Waals surface area contributed by atoms with E-state index in [1.165, 1.54) is 16.4 Å². The van der Waals surface area contributed by atoms with E-state index >= 15 is 0 Å². The first-order chi connectivity index (χ1) is 9.46. The lowest BCUT2D eigenvalue weighted by Crippen LogP contribution is -2.40. The van der Waals surface area contributed by atoms with E-state index in [1.807, 2.05) is 0 Å². The third-order valence-corrected chi connectivity index (χ3v) is 6.22. The van der Waals surface area contributed by atoms with Crippen LogP contribution in [0.5, 0.6) is 0 Å². The van der Waals surface area contributed by atoms with Crippen LogP contribution in [0.1, 0.15) is 31.2 Å². The molecule has 1 aliphatic rings. The van der Waals surface area contributed by atoms with E-state index in [0.717, 1.165) is 31.7 Å². The summed E-state index contributed by atoms with van der Waals surface area (Å²) >= 11 is 3.31. The molecular weight excluding hydrogens is 345 g/mol. The number of hydrogen-bond acceptors (Lipinski definition) is 2. The van der Waals surface area contributed by atoms with Crippen LogP contribution in [0.25, 0.3) is 0 Å². The first kappa shape index (κ1) is 15.9. The van der Waals surface area contributed by atoms with Gasteiger partial charge in [0.15, 0.2) is 0 Å². The second kappa shape index (κ2) is 6.54. The predicted molar refractivity (Wildman–Crippen MR) is 81.1 cm³/mol. The van der Waals surface area contributed by atoms with Gasteiger partial charge >= 0.3 is 0 Å². The third kappa shape index (κ3) is 3.23. The molecule has 0 aliphatic heterocycles. The number of sulfonamides is 1. The number of nitrogens with zero attached hydrogens (tertiary/aromatic N) is 1. The summed E-state index contributed by atoms with van der Waals surface area (Å²) in [4.78, 5) is 0.0883. The van der Waals surface area contributed by atoms with Gasteiger partial charge < -0.3 is 0 Å². The van der Waals surface area contributed by atoms with Crippen LogP contribution in [-0.2, 0) is 10.0 Å². The fourth-order valence-corrected chi connectivity index (χ4v) is 5.29. The number of aryl methyl sites for hydroxylation is 1. The summed E-state index contributed by atoms with van der Waals surface area (Å²) in [6.45, 7) is 2.12. The summed E-state index contributed by atoms with van der Waals surface area (Å²) in [5.41, 5.74) is 0.587. The molecule has 112 valence electrons. The van der Waals surface area contributed by atoms with Crippen LogP contribution in [0, 0.1) is 12.7 Å². The lowest BCUT2D eigenvalue weighted by molar-refractivity contribution is 0.337. The fraction of sp³-hybridized carbons (Fsp3) is 0.571. The maximum atomic E-state index is 13.4. The van der Waals surface area contributed by atoms with Gasteiger partial charge in [-0.25, -0.2) is 12.8 Å². The van der Waals surface area contributed by atoms with Crippen molar-refractivity contribution in [1.82, 2.24) is 4.31 Å². The molecule has 1 aromatic carbocycles. The number of alkyl halides is 1. The quantitative estimate of drug-likeness (QED) is 0.751. The maximum absolute atomic E-state index is 13.4. The summed E-state index contributed by atoms with van der Waals surface area (Å²) < 4.78 is 40.6. The Hall–Kier alpha value is -0.460. The molecule has 3 nitrogen and oxygen atoms in total. The molecule has 1 saturated carbocycles. The van der Waals surface area contributed by atoms with Gasteiger partial charge in [-0.2, -0.15) is 4.31 Å². The molecule has 1 aliphatic carbocycles. The van der Waals surface area contributed by atoms with Gasteiger partial charge in [0.1, 0.15) is 5.82 Å². The Labute approximate surface area is 128 Å². The second-order valence-corrected chi connectivity index (χ2v) is 7.80. The lowest BCUT2D eigenvalue weighted by atomic mass is 10.2. The average molecular weight is 364 g/mol. The van der Waals surface area contributed by atoms with Crippen molar-refractivity contribution < 1.29 is 12.8 Å². The molecule has 6 heteroatoms. The molecule has 1 fully saturated rings. The highest BCUT2D eigenvalue weighted by Gasteiger charge is 2.33. The predicted octanol–water partition coefficient (Wildman–Crippen LogP) is 3.46. The van der Waals surface area contributed by atoms with Gasteiger partial charge in [-0.05, 0) is 37.5 Å². The van der Waals surface area contributed by atoms with Gasteiger partial charge in [-0.3, -0.25) is 0 Å². The Morgan fingerprint density at radius 2 is 2.00 bits per heavy atom. The van der Waals surface area contributed by atoms with Gasteiger partial charge in [0, 0.05) is 17.9 Å². The molecular formula is C14H19BrFNO2S. The summed E-state index contributed by atoms with van der Waals surface area (Å²) in [6, 6.07) is 3.98. The summed E-state index contributed by atoms with van der Waals surface area (Å²) in [5.74, 6) is -0.514. The summed E-state index contributed by atoms with van der Waals surface area (Å²) in [5, 5.41) is 0.580. The average Bonchev–Trinajstić information content (AvgIpc) is 2.92. The second-order valence-electron chi connectivity index (χ2n) is 5.15. The molecule has 0 heterocycles. The molecule has 0 saturated heterocycles. The Bertz CT molecular complexity index is 571. The minimum absolute atomic E-state index is 0.0419. The van der Waals surface area contributed by atoms with E-state index in [0.29, 0.717) is 17.4 Å². The molecule has 0 spiro atoms. The van der Waals surface area contributed by atoms with Crippen molar-refractivity contribution in [2.45, 2.75) is 43.5 Å². The maximum Gasteiger partial charge on any atom is 0.243 e. The van der Waals surface area contributed by atoms with Crippen molar-refractivity contribution in [2.24, 2.45) is 0 Å². The largest absolute Gasteiger partial charge is 0.243 e.